The van der Waals surface area contributed by atoms with Crippen LogP contribution in [0.4, 0.5) is 0 Å². The zero-order chi connectivity index (χ0) is 19.3. The Morgan fingerprint density at radius 3 is 2.96 bits per heavy atom. The van der Waals surface area contributed by atoms with Gasteiger partial charge < -0.3 is 14.8 Å². The van der Waals surface area contributed by atoms with Gasteiger partial charge in [-0.2, -0.15) is 0 Å². The van der Waals surface area contributed by atoms with Crippen LogP contribution in [0.1, 0.15) is 37.9 Å². The Morgan fingerprint density at radius 2 is 2.11 bits per heavy atom. The third-order valence-electron chi connectivity index (χ3n) is 6.39. The van der Waals surface area contributed by atoms with Crippen LogP contribution >= 0.6 is 0 Å². The first-order valence-electron chi connectivity index (χ1n) is 10.3. The minimum absolute atomic E-state index is 0.0652. The maximum atomic E-state index is 9.57. The largest absolute Gasteiger partial charge is 0.492 e. The number of aromatic nitrogens is 1. The Hall–Kier alpha value is -2.30. The van der Waals surface area contributed by atoms with E-state index in [1.54, 1.807) is 0 Å². The predicted octanol–water partition coefficient (Wildman–Crippen LogP) is 4.46. The molecule has 146 valence electrons. The topological polar surface area (TPSA) is 48.5 Å². The third-order valence-corrected chi connectivity index (χ3v) is 6.39. The van der Waals surface area contributed by atoms with Gasteiger partial charge in [0.15, 0.2) is 0 Å². The predicted molar refractivity (Wildman–Crippen MR) is 113 cm³/mol. The summed E-state index contributed by atoms with van der Waals surface area (Å²) in [4.78, 5) is 5.94. The van der Waals surface area contributed by atoms with Gasteiger partial charge in [-0.3, -0.25) is 4.90 Å². The van der Waals surface area contributed by atoms with Crippen molar-refractivity contribution >= 4 is 10.9 Å². The van der Waals surface area contributed by atoms with Crippen molar-refractivity contribution in [1.29, 1.82) is 0 Å². The molecule has 4 heteroatoms. The second kappa shape index (κ2) is 6.64. The summed E-state index contributed by atoms with van der Waals surface area (Å²) in [5.41, 5.74) is 6.10. The summed E-state index contributed by atoms with van der Waals surface area (Å²) in [6, 6.07) is 15.6. The summed E-state index contributed by atoms with van der Waals surface area (Å²) in [6.07, 6.45) is 2.27. The smallest absolute Gasteiger partial charge is 0.131 e. The van der Waals surface area contributed by atoms with Crippen molar-refractivity contribution in [2.24, 2.45) is 0 Å². The monoisotopic (exact) mass is 376 g/mol. The summed E-state index contributed by atoms with van der Waals surface area (Å²) < 4.78 is 6.09. The van der Waals surface area contributed by atoms with Crippen molar-refractivity contribution in [1.82, 2.24) is 9.88 Å². The molecule has 1 atom stereocenters. The molecule has 3 heterocycles. The van der Waals surface area contributed by atoms with Gasteiger partial charge in [0.2, 0.25) is 0 Å². The lowest BCUT2D eigenvalue weighted by Crippen LogP contribution is -2.31. The molecule has 5 rings (SSSR count). The van der Waals surface area contributed by atoms with E-state index in [9.17, 15) is 5.11 Å². The molecule has 1 fully saturated rings. The first kappa shape index (κ1) is 17.8. The average molecular weight is 377 g/mol. The van der Waals surface area contributed by atoms with Gasteiger partial charge in [-0.1, -0.05) is 38.1 Å². The summed E-state index contributed by atoms with van der Waals surface area (Å²) in [5, 5.41) is 10.8. The fourth-order valence-electron chi connectivity index (χ4n) is 4.76. The van der Waals surface area contributed by atoms with Gasteiger partial charge in [-0.05, 0) is 43.1 Å². The van der Waals surface area contributed by atoms with E-state index < -0.39 is 0 Å². The van der Waals surface area contributed by atoms with Crippen LogP contribution < -0.4 is 4.74 Å². The van der Waals surface area contributed by atoms with Crippen LogP contribution in [0, 0.1) is 0 Å². The number of fused-ring (bicyclic) bond motifs is 2. The number of aromatic amines is 1. The summed E-state index contributed by atoms with van der Waals surface area (Å²) >= 11 is 0. The number of aliphatic hydroxyl groups is 1. The molecule has 2 aliphatic rings. The first-order valence-corrected chi connectivity index (χ1v) is 10.3. The fraction of sp³-hybridized carbons (Fsp3) is 0.417. The van der Waals surface area contributed by atoms with Gasteiger partial charge in [0.1, 0.15) is 5.75 Å². The number of H-pyrrole nitrogens is 1. The van der Waals surface area contributed by atoms with E-state index in [-0.39, 0.29) is 12.0 Å². The number of nitrogens with zero attached hydrogens (tertiary/aromatic N) is 1. The minimum atomic E-state index is 0.0652. The van der Waals surface area contributed by atoms with Crippen molar-refractivity contribution < 1.29 is 9.84 Å². The molecule has 0 unspecified atom stereocenters. The van der Waals surface area contributed by atoms with E-state index in [2.05, 4.69) is 66.2 Å². The second-order valence-corrected chi connectivity index (χ2v) is 8.90. The molecule has 4 nitrogen and oxygen atoms in total. The highest BCUT2D eigenvalue weighted by Gasteiger charge is 2.33. The van der Waals surface area contributed by atoms with Crippen LogP contribution in [-0.4, -0.2) is 40.8 Å². The molecule has 0 saturated carbocycles. The van der Waals surface area contributed by atoms with Gasteiger partial charge >= 0.3 is 0 Å². The molecule has 0 radical (unpaired) electrons. The van der Waals surface area contributed by atoms with Gasteiger partial charge in [0, 0.05) is 45.7 Å². The number of rotatable bonds is 4. The van der Waals surface area contributed by atoms with Crippen LogP contribution in [0.2, 0.25) is 0 Å². The zero-order valence-corrected chi connectivity index (χ0v) is 16.7. The molecular weight excluding hydrogens is 348 g/mol. The van der Waals surface area contributed by atoms with Crippen molar-refractivity contribution in [3.63, 3.8) is 0 Å². The van der Waals surface area contributed by atoms with E-state index in [0.29, 0.717) is 6.04 Å². The molecular formula is C24H28N2O2. The second-order valence-electron chi connectivity index (χ2n) is 8.90. The average Bonchev–Trinajstić information content (AvgIpc) is 3.38. The minimum Gasteiger partial charge on any atom is -0.492 e. The van der Waals surface area contributed by atoms with E-state index in [1.165, 1.54) is 34.2 Å². The summed E-state index contributed by atoms with van der Waals surface area (Å²) in [7, 11) is 0. The summed E-state index contributed by atoms with van der Waals surface area (Å²) in [6.45, 7) is 7.39. The number of likely N-dealkylation sites (tertiary alicyclic amines) is 1. The van der Waals surface area contributed by atoms with E-state index in [4.69, 9.17) is 4.74 Å². The number of ether oxygens (including phenoxy) is 1. The Balaban J connectivity index is 1.48. The number of hydrogen-bond acceptors (Lipinski definition) is 3. The van der Waals surface area contributed by atoms with Crippen LogP contribution in [0.5, 0.6) is 5.75 Å². The maximum Gasteiger partial charge on any atom is 0.131 e. The van der Waals surface area contributed by atoms with Crippen LogP contribution in [0.3, 0.4) is 0 Å². The zero-order valence-electron chi connectivity index (χ0n) is 16.7. The Morgan fingerprint density at radius 1 is 1.21 bits per heavy atom. The molecule has 0 bridgehead atoms. The number of para-hydroxylation sites is 1. The van der Waals surface area contributed by atoms with Gasteiger partial charge in [0.05, 0.1) is 13.2 Å². The standard InChI is InChI=1S/C24H28N2O2/c1-24(2)15-28-23-20(6-3-7-21(23)24)16-8-9-22-17(11-16)12-18(25-22)13-26-10-4-5-19(26)14-27/h3,6-9,11-12,19,25,27H,4-5,10,13-15H2,1-2H3/t19-/m1/s1. The van der Waals surface area contributed by atoms with Gasteiger partial charge in [-0.25, -0.2) is 0 Å². The quantitative estimate of drug-likeness (QED) is 0.707. The van der Waals surface area contributed by atoms with Crippen LogP contribution in [0.15, 0.2) is 42.5 Å². The molecule has 2 N–H and O–H groups in total. The Kier molecular flexibility index (Phi) is 4.22. The van der Waals surface area contributed by atoms with Crippen molar-refractivity contribution in [2.75, 3.05) is 19.8 Å². The van der Waals surface area contributed by atoms with Gasteiger partial charge in [0.25, 0.3) is 0 Å². The van der Waals surface area contributed by atoms with Crippen molar-refractivity contribution in [3.05, 3.63) is 53.7 Å². The number of aliphatic hydroxyl groups excluding tert-OH is 1. The lowest BCUT2D eigenvalue weighted by atomic mass is 9.85. The maximum absolute atomic E-state index is 9.57. The number of nitrogens with one attached hydrogen (secondary N) is 1. The molecule has 1 saturated heterocycles. The fourth-order valence-corrected chi connectivity index (χ4v) is 4.76. The number of benzene rings is 2. The molecule has 2 aromatic carbocycles. The molecule has 3 aromatic rings. The lowest BCUT2D eigenvalue weighted by molar-refractivity contribution is 0.152. The highest BCUT2D eigenvalue weighted by Crippen LogP contribution is 2.44. The van der Waals surface area contributed by atoms with E-state index >= 15 is 0 Å². The molecule has 28 heavy (non-hydrogen) atoms. The van der Waals surface area contributed by atoms with Crippen LogP contribution in [-0.2, 0) is 12.0 Å². The van der Waals surface area contributed by atoms with E-state index in [0.717, 1.165) is 37.4 Å². The summed E-state index contributed by atoms with van der Waals surface area (Å²) in [5.74, 6) is 1.03. The van der Waals surface area contributed by atoms with Crippen LogP contribution in [0.25, 0.3) is 22.0 Å². The molecule has 2 aliphatic heterocycles. The third kappa shape index (κ3) is 2.92. The highest BCUT2D eigenvalue weighted by atomic mass is 16.5. The SMILES string of the molecule is CC1(C)COc2c(-c3ccc4[nH]c(CN5CCC[C@@H]5CO)cc4c3)cccc21. The Labute approximate surface area is 166 Å². The normalized spacial score (nSPS) is 21.2. The lowest BCUT2D eigenvalue weighted by Gasteiger charge is -2.21. The highest BCUT2D eigenvalue weighted by molar-refractivity contribution is 5.87. The van der Waals surface area contributed by atoms with Crippen molar-refractivity contribution in [3.8, 4) is 16.9 Å². The van der Waals surface area contributed by atoms with E-state index in [1.807, 2.05) is 0 Å². The first-order chi connectivity index (χ1) is 13.5. The molecule has 1 aromatic heterocycles. The van der Waals surface area contributed by atoms with Gasteiger partial charge in [-0.15, -0.1) is 0 Å². The Bertz CT molecular complexity index is 1020. The molecule has 0 amide bonds. The number of hydrogen-bond donors (Lipinski definition) is 2. The van der Waals surface area contributed by atoms with Crippen molar-refractivity contribution in [2.45, 2.75) is 44.7 Å². The molecule has 0 spiro atoms. The molecule has 0 aliphatic carbocycles.